The van der Waals surface area contributed by atoms with Gasteiger partial charge in [-0.25, -0.2) is 9.97 Å². The third-order valence-corrected chi connectivity index (χ3v) is 6.03. The molecule has 0 spiro atoms. The predicted molar refractivity (Wildman–Crippen MR) is 105 cm³/mol. The molecule has 0 bridgehead atoms. The summed E-state index contributed by atoms with van der Waals surface area (Å²) in [5.41, 5.74) is 2.13. The molecule has 0 N–H and O–H groups in total. The molecule has 1 fully saturated rings. The van der Waals surface area contributed by atoms with Gasteiger partial charge in [-0.15, -0.1) is 11.3 Å². The lowest BCUT2D eigenvalue weighted by molar-refractivity contribution is 0.0704. The summed E-state index contributed by atoms with van der Waals surface area (Å²) in [6.45, 7) is 1.21. The molecule has 1 aliphatic heterocycles. The lowest BCUT2D eigenvalue weighted by Gasteiger charge is -2.32. The lowest BCUT2D eigenvalue weighted by atomic mass is 9.88. The first-order valence-electron chi connectivity index (χ1n) is 9.06. The van der Waals surface area contributed by atoms with Gasteiger partial charge < -0.3 is 9.80 Å². The molecule has 0 unspecified atom stereocenters. The highest BCUT2D eigenvalue weighted by molar-refractivity contribution is 7.20. The minimum Gasteiger partial charge on any atom is -0.344 e. The van der Waals surface area contributed by atoms with Crippen molar-refractivity contribution in [2.45, 2.75) is 18.8 Å². The highest BCUT2D eigenvalue weighted by atomic mass is 32.1. The number of hydrogen-bond acceptors (Lipinski definition) is 7. The van der Waals surface area contributed by atoms with Crippen LogP contribution in [0, 0.1) is 0 Å². The van der Waals surface area contributed by atoms with Crippen LogP contribution in [0.3, 0.4) is 0 Å². The molecular formula is C19H20N6O2S. The van der Waals surface area contributed by atoms with Gasteiger partial charge in [-0.1, -0.05) is 0 Å². The van der Waals surface area contributed by atoms with E-state index in [2.05, 4.69) is 19.9 Å². The van der Waals surface area contributed by atoms with Crippen LogP contribution >= 0.6 is 11.3 Å². The SMILES string of the molecule is CN(C)C(=O)c1sc2nccnc2c1C1CCN(C(=O)c2cnccn2)CC1. The first-order valence-corrected chi connectivity index (χ1v) is 9.88. The highest BCUT2D eigenvalue weighted by Crippen LogP contribution is 2.39. The van der Waals surface area contributed by atoms with Gasteiger partial charge in [0.2, 0.25) is 0 Å². The van der Waals surface area contributed by atoms with Crippen LogP contribution in [0.25, 0.3) is 10.3 Å². The number of rotatable bonds is 3. The van der Waals surface area contributed by atoms with Crippen LogP contribution in [0.15, 0.2) is 31.0 Å². The van der Waals surface area contributed by atoms with Gasteiger partial charge in [-0.3, -0.25) is 19.6 Å². The average Bonchev–Trinajstić information content (AvgIpc) is 3.12. The van der Waals surface area contributed by atoms with E-state index in [9.17, 15) is 9.59 Å². The molecule has 0 saturated carbocycles. The van der Waals surface area contributed by atoms with E-state index in [-0.39, 0.29) is 17.7 Å². The monoisotopic (exact) mass is 396 g/mol. The molecule has 3 aromatic heterocycles. The third kappa shape index (κ3) is 3.33. The van der Waals surface area contributed by atoms with Crippen LogP contribution in [-0.4, -0.2) is 68.7 Å². The second kappa shape index (κ2) is 7.59. The van der Waals surface area contributed by atoms with Crippen LogP contribution in [-0.2, 0) is 0 Å². The Bertz CT molecular complexity index is 1010. The molecule has 9 heteroatoms. The lowest BCUT2D eigenvalue weighted by Crippen LogP contribution is -2.38. The number of carbonyl (C=O) groups is 2. The zero-order valence-corrected chi connectivity index (χ0v) is 16.5. The van der Waals surface area contributed by atoms with Crippen molar-refractivity contribution in [3.63, 3.8) is 0 Å². The van der Waals surface area contributed by atoms with Crippen molar-refractivity contribution >= 4 is 33.5 Å². The summed E-state index contributed by atoms with van der Waals surface area (Å²) in [6, 6.07) is 0. The van der Waals surface area contributed by atoms with E-state index in [1.807, 2.05) is 0 Å². The summed E-state index contributed by atoms with van der Waals surface area (Å²) in [6.07, 6.45) is 9.41. The van der Waals surface area contributed by atoms with E-state index in [1.165, 1.54) is 23.7 Å². The Balaban J connectivity index is 1.59. The number of fused-ring (bicyclic) bond motifs is 1. The summed E-state index contributed by atoms with van der Waals surface area (Å²) >= 11 is 1.39. The molecule has 4 rings (SSSR count). The van der Waals surface area contributed by atoms with Gasteiger partial charge in [0.25, 0.3) is 11.8 Å². The van der Waals surface area contributed by atoms with Crippen LogP contribution in [0.5, 0.6) is 0 Å². The zero-order chi connectivity index (χ0) is 19.7. The Morgan fingerprint density at radius 3 is 2.46 bits per heavy atom. The van der Waals surface area contributed by atoms with Crippen LogP contribution < -0.4 is 0 Å². The van der Waals surface area contributed by atoms with Crippen molar-refractivity contribution in [2.24, 2.45) is 0 Å². The maximum atomic E-state index is 12.7. The van der Waals surface area contributed by atoms with Crippen LogP contribution in [0.4, 0.5) is 0 Å². The van der Waals surface area contributed by atoms with Crippen molar-refractivity contribution in [3.05, 3.63) is 47.1 Å². The Labute approximate surface area is 166 Å². The smallest absolute Gasteiger partial charge is 0.274 e. The third-order valence-electron chi connectivity index (χ3n) is 4.94. The molecule has 144 valence electrons. The van der Waals surface area contributed by atoms with E-state index in [0.29, 0.717) is 23.7 Å². The molecule has 2 amide bonds. The topological polar surface area (TPSA) is 92.2 Å². The number of hydrogen-bond donors (Lipinski definition) is 0. The molecule has 0 atom stereocenters. The largest absolute Gasteiger partial charge is 0.344 e. The van der Waals surface area contributed by atoms with Crippen LogP contribution in [0.1, 0.15) is 44.5 Å². The van der Waals surface area contributed by atoms with Crippen LogP contribution in [0.2, 0.25) is 0 Å². The first kappa shape index (κ1) is 18.4. The van der Waals surface area contributed by atoms with Gasteiger partial charge in [0.15, 0.2) is 0 Å². The van der Waals surface area contributed by atoms with Crippen molar-refractivity contribution in [1.29, 1.82) is 0 Å². The Morgan fingerprint density at radius 1 is 1.07 bits per heavy atom. The maximum absolute atomic E-state index is 12.7. The van der Waals surface area contributed by atoms with Crippen molar-refractivity contribution in [1.82, 2.24) is 29.7 Å². The average molecular weight is 396 g/mol. The number of likely N-dealkylation sites (tertiary alicyclic amines) is 1. The minimum atomic E-state index is -0.105. The van der Waals surface area contributed by atoms with Crippen molar-refractivity contribution in [3.8, 4) is 0 Å². The second-order valence-corrected chi connectivity index (χ2v) is 7.91. The van der Waals surface area contributed by atoms with Crippen molar-refractivity contribution in [2.75, 3.05) is 27.2 Å². The number of nitrogens with zero attached hydrogens (tertiary/aromatic N) is 6. The fraction of sp³-hybridized carbons (Fsp3) is 0.368. The molecule has 3 aromatic rings. The van der Waals surface area contributed by atoms with E-state index in [0.717, 1.165) is 28.8 Å². The van der Waals surface area contributed by atoms with E-state index in [1.54, 1.807) is 42.5 Å². The maximum Gasteiger partial charge on any atom is 0.274 e. The molecule has 1 aliphatic rings. The summed E-state index contributed by atoms with van der Waals surface area (Å²) in [5, 5.41) is 0. The summed E-state index contributed by atoms with van der Waals surface area (Å²) in [5.74, 6) is 0.0271. The normalized spacial score (nSPS) is 15.0. The molecule has 4 heterocycles. The summed E-state index contributed by atoms with van der Waals surface area (Å²) in [7, 11) is 3.50. The van der Waals surface area contributed by atoms with Gasteiger partial charge in [0, 0.05) is 57.5 Å². The number of piperidine rings is 1. The number of aromatic nitrogens is 4. The summed E-state index contributed by atoms with van der Waals surface area (Å²) in [4.78, 5) is 47.2. The molecule has 8 nitrogen and oxygen atoms in total. The first-order chi connectivity index (χ1) is 13.6. The second-order valence-electron chi connectivity index (χ2n) is 6.91. The predicted octanol–water partition coefficient (Wildman–Crippen LogP) is 2.20. The fourth-order valence-corrected chi connectivity index (χ4v) is 4.74. The minimum absolute atomic E-state index is 0.0298. The highest BCUT2D eigenvalue weighted by Gasteiger charge is 2.31. The Morgan fingerprint density at radius 2 is 1.79 bits per heavy atom. The number of thiophene rings is 1. The molecule has 0 aliphatic carbocycles. The van der Waals surface area contributed by atoms with Gasteiger partial charge >= 0.3 is 0 Å². The number of carbonyl (C=O) groups excluding carboxylic acids is 2. The molecule has 28 heavy (non-hydrogen) atoms. The van der Waals surface area contributed by atoms with E-state index < -0.39 is 0 Å². The quantitative estimate of drug-likeness (QED) is 0.674. The molecule has 0 radical (unpaired) electrons. The van der Waals surface area contributed by atoms with Gasteiger partial charge in [-0.2, -0.15) is 0 Å². The molecule has 1 saturated heterocycles. The molecular weight excluding hydrogens is 376 g/mol. The standard InChI is InChI=1S/C19H20N6O2S/c1-24(2)19(27)16-14(15-17(28-16)23-8-7-22-15)12-3-9-25(10-4-12)18(26)13-11-20-5-6-21-13/h5-8,11-12H,3-4,9-10H2,1-2H3. The number of amides is 2. The van der Waals surface area contributed by atoms with Gasteiger partial charge in [0.05, 0.1) is 11.1 Å². The Hall–Kier alpha value is -2.94. The van der Waals surface area contributed by atoms with Gasteiger partial charge in [-0.05, 0) is 18.8 Å². The zero-order valence-electron chi connectivity index (χ0n) is 15.7. The van der Waals surface area contributed by atoms with Crippen molar-refractivity contribution < 1.29 is 9.59 Å². The Kier molecular flexibility index (Phi) is 4.99. The molecule has 0 aromatic carbocycles. The van der Waals surface area contributed by atoms with Gasteiger partial charge in [0.1, 0.15) is 16.0 Å². The van der Waals surface area contributed by atoms with E-state index in [4.69, 9.17) is 0 Å². The fourth-order valence-electron chi connectivity index (χ4n) is 3.53. The summed E-state index contributed by atoms with van der Waals surface area (Å²) < 4.78 is 0. The van der Waals surface area contributed by atoms with E-state index >= 15 is 0 Å².